The largest absolute Gasteiger partial charge is 0.342 e. The lowest BCUT2D eigenvalue weighted by Crippen LogP contribution is -2.39. The van der Waals surface area contributed by atoms with Crippen molar-refractivity contribution in [3.8, 4) is 0 Å². The number of likely N-dealkylation sites (tertiary alicyclic amines) is 1. The van der Waals surface area contributed by atoms with E-state index in [0.29, 0.717) is 12.0 Å². The van der Waals surface area contributed by atoms with E-state index < -0.39 is 0 Å². The van der Waals surface area contributed by atoms with E-state index >= 15 is 0 Å². The Morgan fingerprint density at radius 2 is 2.00 bits per heavy atom. The molecule has 1 aromatic carbocycles. The summed E-state index contributed by atoms with van der Waals surface area (Å²) in [5, 5.41) is 0. The molecule has 0 aromatic heterocycles. The van der Waals surface area contributed by atoms with E-state index in [-0.39, 0.29) is 11.8 Å². The van der Waals surface area contributed by atoms with Gasteiger partial charge in [0, 0.05) is 19.6 Å². The summed E-state index contributed by atoms with van der Waals surface area (Å²) in [5.41, 5.74) is 7.35. The second-order valence-electron chi connectivity index (χ2n) is 6.06. The Hall–Kier alpha value is -1.35. The van der Waals surface area contributed by atoms with Gasteiger partial charge in [0.05, 0.1) is 5.92 Å². The number of rotatable bonds is 3. The molecule has 2 aliphatic rings. The predicted molar refractivity (Wildman–Crippen MR) is 75.7 cm³/mol. The Kier molecular flexibility index (Phi) is 3.31. The van der Waals surface area contributed by atoms with Crippen LogP contribution in [0.15, 0.2) is 30.3 Å². The zero-order valence-electron chi connectivity index (χ0n) is 11.3. The molecule has 3 heteroatoms. The first-order valence-corrected chi connectivity index (χ1v) is 7.28. The van der Waals surface area contributed by atoms with Crippen LogP contribution in [0, 0.1) is 5.41 Å². The second kappa shape index (κ2) is 4.97. The maximum atomic E-state index is 12.7. The molecular weight excluding hydrogens is 236 g/mol. The summed E-state index contributed by atoms with van der Waals surface area (Å²) in [6, 6.07) is 9.93. The van der Waals surface area contributed by atoms with E-state index in [1.807, 2.05) is 35.2 Å². The summed E-state index contributed by atoms with van der Waals surface area (Å²) in [6.45, 7) is 2.27. The number of carbonyl (C=O) groups excluding carboxylic acids is 1. The van der Waals surface area contributed by atoms with Crippen LogP contribution < -0.4 is 5.73 Å². The van der Waals surface area contributed by atoms with Gasteiger partial charge in [-0.15, -0.1) is 0 Å². The molecule has 3 rings (SSSR count). The highest BCUT2D eigenvalue weighted by Crippen LogP contribution is 2.48. The van der Waals surface area contributed by atoms with Gasteiger partial charge in [-0.05, 0) is 30.2 Å². The third kappa shape index (κ3) is 2.27. The van der Waals surface area contributed by atoms with Crippen molar-refractivity contribution < 1.29 is 4.79 Å². The van der Waals surface area contributed by atoms with E-state index in [1.165, 1.54) is 25.7 Å². The monoisotopic (exact) mass is 258 g/mol. The molecule has 2 N–H and O–H groups in total. The average molecular weight is 258 g/mol. The highest BCUT2D eigenvalue weighted by molar-refractivity contribution is 5.84. The first-order chi connectivity index (χ1) is 9.24. The van der Waals surface area contributed by atoms with Crippen molar-refractivity contribution in [2.75, 3.05) is 19.6 Å². The fraction of sp³-hybridized carbons (Fsp3) is 0.562. The van der Waals surface area contributed by atoms with Crippen LogP contribution in [-0.2, 0) is 4.79 Å². The summed E-state index contributed by atoms with van der Waals surface area (Å²) < 4.78 is 0. The van der Waals surface area contributed by atoms with Gasteiger partial charge in [0.2, 0.25) is 5.91 Å². The molecule has 1 saturated carbocycles. The molecule has 3 nitrogen and oxygen atoms in total. The highest BCUT2D eigenvalue weighted by Gasteiger charge is 2.44. The van der Waals surface area contributed by atoms with Crippen LogP contribution in [0.5, 0.6) is 0 Å². The average Bonchev–Trinajstić information content (AvgIpc) is 2.86. The molecule has 2 fully saturated rings. The lowest BCUT2D eigenvalue weighted by atomic mass is 9.68. The summed E-state index contributed by atoms with van der Waals surface area (Å²) in [5.74, 6) is 0.0499. The van der Waals surface area contributed by atoms with Crippen LogP contribution in [0.3, 0.4) is 0 Å². The molecule has 1 aromatic rings. The Morgan fingerprint density at radius 3 is 2.53 bits per heavy atom. The van der Waals surface area contributed by atoms with Crippen LogP contribution in [0.25, 0.3) is 0 Å². The van der Waals surface area contributed by atoms with Gasteiger partial charge in [0.1, 0.15) is 0 Å². The van der Waals surface area contributed by atoms with Crippen molar-refractivity contribution in [2.24, 2.45) is 11.1 Å². The number of hydrogen-bond donors (Lipinski definition) is 1. The fourth-order valence-electron chi connectivity index (χ4n) is 3.49. The maximum absolute atomic E-state index is 12.7. The Balaban J connectivity index is 1.72. The number of benzene rings is 1. The molecule has 1 aliphatic carbocycles. The van der Waals surface area contributed by atoms with Gasteiger partial charge in [-0.2, -0.15) is 0 Å². The van der Waals surface area contributed by atoms with Crippen LogP contribution >= 0.6 is 0 Å². The fourth-order valence-corrected chi connectivity index (χ4v) is 3.49. The van der Waals surface area contributed by atoms with Gasteiger partial charge in [-0.1, -0.05) is 36.8 Å². The Bertz CT molecular complexity index is 453. The summed E-state index contributed by atoms with van der Waals surface area (Å²) in [6.07, 6.45) is 5.12. The molecule has 1 unspecified atom stereocenters. The summed E-state index contributed by atoms with van der Waals surface area (Å²) >= 11 is 0. The topological polar surface area (TPSA) is 46.3 Å². The Morgan fingerprint density at radius 1 is 1.26 bits per heavy atom. The number of carbonyl (C=O) groups is 1. The lowest BCUT2D eigenvalue weighted by molar-refractivity contribution is -0.132. The molecule has 0 bridgehead atoms. The quantitative estimate of drug-likeness (QED) is 0.902. The molecule has 1 saturated heterocycles. The molecule has 1 spiro atoms. The van der Waals surface area contributed by atoms with Crippen molar-refractivity contribution in [1.82, 2.24) is 4.90 Å². The molecule has 1 amide bonds. The van der Waals surface area contributed by atoms with E-state index in [2.05, 4.69) is 0 Å². The van der Waals surface area contributed by atoms with Crippen molar-refractivity contribution in [3.63, 3.8) is 0 Å². The SMILES string of the molecule is NCC(C(=O)N1CCC2(CCC2)C1)c1ccccc1. The number of hydrogen-bond acceptors (Lipinski definition) is 2. The first kappa shape index (κ1) is 12.7. The molecule has 102 valence electrons. The standard InChI is InChI=1S/C16H22N2O/c17-11-14(13-5-2-1-3-6-13)15(19)18-10-9-16(12-18)7-4-8-16/h1-3,5-6,14H,4,7-12,17H2. The predicted octanol–water partition coefficient (Wildman–Crippen LogP) is 2.13. The van der Waals surface area contributed by atoms with Gasteiger partial charge < -0.3 is 10.6 Å². The molecule has 1 heterocycles. The van der Waals surface area contributed by atoms with Crippen molar-refractivity contribution in [2.45, 2.75) is 31.6 Å². The zero-order chi connectivity index (χ0) is 13.3. The summed E-state index contributed by atoms with van der Waals surface area (Å²) in [7, 11) is 0. The van der Waals surface area contributed by atoms with Crippen molar-refractivity contribution >= 4 is 5.91 Å². The number of nitrogens with two attached hydrogens (primary N) is 1. The molecule has 1 aliphatic heterocycles. The Labute approximate surface area is 114 Å². The molecule has 19 heavy (non-hydrogen) atoms. The minimum Gasteiger partial charge on any atom is -0.342 e. The van der Waals surface area contributed by atoms with Crippen molar-refractivity contribution in [3.05, 3.63) is 35.9 Å². The highest BCUT2D eigenvalue weighted by atomic mass is 16.2. The smallest absolute Gasteiger partial charge is 0.231 e. The van der Waals surface area contributed by atoms with Crippen molar-refractivity contribution in [1.29, 1.82) is 0 Å². The molecule has 1 atom stereocenters. The third-order valence-electron chi connectivity index (χ3n) is 4.90. The third-order valence-corrected chi connectivity index (χ3v) is 4.90. The first-order valence-electron chi connectivity index (χ1n) is 7.28. The minimum absolute atomic E-state index is 0.170. The van der Waals surface area contributed by atoms with E-state index in [0.717, 1.165) is 18.7 Å². The van der Waals surface area contributed by atoms with Crippen LogP contribution in [0.1, 0.15) is 37.2 Å². The van der Waals surface area contributed by atoms with Gasteiger partial charge in [-0.3, -0.25) is 4.79 Å². The van der Waals surface area contributed by atoms with Gasteiger partial charge >= 0.3 is 0 Å². The number of amides is 1. The summed E-state index contributed by atoms with van der Waals surface area (Å²) in [4.78, 5) is 14.7. The van der Waals surface area contributed by atoms with Gasteiger partial charge in [0.25, 0.3) is 0 Å². The van der Waals surface area contributed by atoms with Gasteiger partial charge in [-0.25, -0.2) is 0 Å². The number of nitrogens with zero attached hydrogens (tertiary/aromatic N) is 1. The lowest BCUT2D eigenvalue weighted by Gasteiger charge is -2.38. The van der Waals surface area contributed by atoms with Gasteiger partial charge in [0.15, 0.2) is 0 Å². The maximum Gasteiger partial charge on any atom is 0.231 e. The van der Waals surface area contributed by atoms with E-state index in [4.69, 9.17) is 5.73 Å². The normalized spacial score (nSPS) is 22.3. The zero-order valence-corrected chi connectivity index (χ0v) is 11.3. The minimum atomic E-state index is -0.170. The van der Waals surface area contributed by atoms with E-state index in [1.54, 1.807) is 0 Å². The molecular formula is C16H22N2O. The van der Waals surface area contributed by atoms with Crippen LogP contribution in [0.4, 0.5) is 0 Å². The second-order valence-corrected chi connectivity index (χ2v) is 6.06. The van der Waals surface area contributed by atoms with Crippen LogP contribution in [-0.4, -0.2) is 30.4 Å². The van der Waals surface area contributed by atoms with E-state index in [9.17, 15) is 4.79 Å². The molecule has 0 radical (unpaired) electrons. The van der Waals surface area contributed by atoms with Crippen LogP contribution in [0.2, 0.25) is 0 Å².